The minimum absolute atomic E-state index is 0.0203. The third kappa shape index (κ3) is 4.86. The predicted octanol–water partition coefficient (Wildman–Crippen LogP) is 3.04. The summed E-state index contributed by atoms with van der Waals surface area (Å²) in [7, 11) is 0. The van der Waals surface area contributed by atoms with Crippen LogP contribution in [0.15, 0.2) is 30.3 Å². The number of fused-ring (bicyclic) bond motifs is 4. The van der Waals surface area contributed by atoms with E-state index in [1.807, 2.05) is 56.0 Å². The zero-order valence-electron chi connectivity index (χ0n) is 18.8. The van der Waals surface area contributed by atoms with Crippen LogP contribution in [0.4, 0.5) is 4.79 Å². The molecule has 31 heavy (non-hydrogen) atoms. The van der Waals surface area contributed by atoms with E-state index < -0.39 is 11.6 Å². The van der Waals surface area contributed by atoms with Gasteiger partial charge in [0.25, 0.3) is 0 Å². The average molecular weight is 428 g/mol. The second-order valence-electron chi connectivity index (χ2n) is 10.0. The van der Waals surface area contributed by atoms with Gasteiger partial charge in [-0.3, -0.25) is 9.59 Å². The lowest BCUT2D eigenvalue weighted by Gasteiger charge is -2.39. The fourth-order valence-electron chi connectivity index (χ4n) is 4.99. The number of benzene rings is 1. The molecule has 4 aliphatic rings. The van der Waals surface area contributed by atoms with Crippen molar-refractivity contribution in [1.29, 1.82) is 0 Å². The quantitative estimate of drug-likeness (QED) is 0.744. The molecule has 2 bridgehead atoms. The van der Waals surface area contributed by atoms with Gasteiger partial charge < -0.3 is 19.4 Å². The van der Waals surface area contributed by atoms with E-state index in [1.165, 1.54) is 0 Å². The molecular formula is C24H33N3O4. The topological polar surface area (TPSA) is 70.2 Å². The molecule has 5 rings (SSSR count). The smallest absolute Gasteiger partial charge is 0.410 e. The molecule has 4 aliphatic heterocycles. The zero-order chi connectivity index (χ0) is 22.2. The third-order valence-electron chi connectivity index (χ3n) is 6.46. The summed E-state index contributed by atoms with van der Waals surface area (Å²) in [6, 6.07) is 9.38. The summed E-state index contributed by atoms with van der Waals surface area (Å²) >= 11 is 0. The zero-order valence-corrected chi connectivity index (χ0v) is 18.8. The number of rotatable bonds is 3. The first-order chi connectivity index (χ1) is 14.7. The lowest BCUT2D eigenvalue weighted by molar-refractivity contribution is -0.144. The van der Waals surface area contributed by atoms with Crippen LogP contribution in [0.3, 0.4) is 0 Å². The number of amides is 3. The molecule has 0 aromatic heterocycles. The Bertz CT molecular complexity index is 835. The molecule has 0 N–H and O–H groups in total. The molecule has 3 atom stereocenters. The Balaban J connectivity index is 1.47. The van der Waals surface area contributed by atoms with Crippen molar-refractivity contribution >= 4 is 17.9 Å². The van der Waals surface area contributed by atoms with E-state index in [9.17, 15) is 14.4 Å². The van der Waals surface area contributed by atoms with Gasteiger partial charge >= 0.3 is 6.09 Å². The highest BCUT2D eigenvalue weighted by Crippen LogP contribution is 2.32. The van der Waals surface area contributed by atoms with Crippen molar-refractivity contribution in [2.45, 2.75) is 70.7 Å². The number of carbonyl (C=O) groups excluding carboxylic acids is 3. The van der Waals surface area contributed by atoms with Crippen LogP contribution < -0.4 is 0 Å². The predicted molar refractivity (Wildman–Crippen MR) is 116 cm³/mol. The molecule has 0 spiro atoms. The highest BCUT2D eigenvalue weighted by atomic mass is 16.6. The number of ether oxygens (including phenoxy) is 1. The maximum atomic E-state index is 13.6. The number of carbonyl (C=O) groups is 3. The van der Waals surface area contributed by atoms with Crippen LogP contribution in [0.25, 0.3) is 0 Å². The molecule has 1 aromatic carbocycles. The lowest BCUT2D eigenvalue weighted by Crippen LogP contribution is -2.54. The van der Waals surface area contributed by atoms with Crippen molar-refractivity contribution in [3.05, 3.63) is 35.9 Å². The van der Waals surface area contributed by atoms with E-state index in [2.05, 4.69) is 0 Å². The third-order valence-corrected chi connectivity index (χ3v) is 6.46. The number of nitrogens with zero attached hydrogens (tertiary/aromatic N) is 3. The van der Waals surface area contributed by atoms with Crippen LogP contribution in [0.2, 0.25) is 0 Å². The Kier molecular flexibility index (Phi) is 5.95. The molecule has 0 aliphatic carbocycles. The molecule has 168 valence electrons. The van der Waals surface area contributed by atoms with Crippen molar-refractivity contribution in [2.24, 2.45) is 5.92 Å². The van der Waals surface area contributed by atoms with Crippen molar-refractivity contribution in [2.75, 3.05) is 19.6 Å². The minimum Gasteiger partial charge on any atom is -0.444 e. The van der Waals surface area contributed by atoms with Crippen molar-refractivity contribution in [3.63, 3.8) is 0 Å². The standard InChI is InChI=1S/C24H33N3O4/c1-24(2,3)31-23(30)25-13-18-9-10-19(16-25)26(15-18)22(29)20-11-12-21(28)27(20)14-17-7-5-4-6-8-17/h4-8,18-20H,9-16H2,1-3H3/t18?,19-,20-/m0/s1. The van der Waals surface area contributed by atoms with Crippen LogP contribution in [0, 0.1) is 5.92 Å². The minimum atomic E-state index is -0.542. The van der Waals surface area contributed by atoms with E-state index >= 15 is 0 Å². The van der Waals surface area contributed by atoms with Gasteiger partial charge in [-0.05, 0) is 51.5 Å². The van der Waals surface area contributed by atoms with Gasteiger partial charge in [0.05, 0.1) is 0 Å². The SMILES string of the molecule is CC(C)(C)OC(=O)N1CC2CC[C@@H](C1)N(C(=O)[C@@H]1CCC(=O)N1Cc1ccccc1)C2. The monoisotopic (exact) mass is 427 g/mol. The van der Waals surface area contributed by atoms with Gasteiger partial charge in [-0.1, -0.05) is 30.3 Å². The molecule has 4 fully saturated rings. The van der Waals surface area contributed by atoms with Crippen molar-refractivity contribution in [3.8, 4) is 0 Å². The van der Waals surface area contributed by atoms with Gasteiger partial charge in [-0.15, -0.1) is 0 Å². The van der Waals surface area contributed by atoms with Gasteiger partial charge in [0.1, 0.15) is 11.6 Å². The molecule has 4 heterocycles. The second kappa shape index (κ2) is 8.52. The van der Waals surface area contributed by atoms with E-state index in [1.54, 1.807) is 9.80 Å². The molecule has 4 saturated heterocycles. The Morgan fingerprint density at radius 3 is 2.48 bits per heavy atom. The lowest BCUT2D eigenvalue weighted by atomic mass is 9.94. The molecule has 3 amide bonds. The number of likely N-dealkylation sites (tertiary alicyclic amines) is 1. The molecule has 7 heteroatoms. The first kappa shape index (κ1) is 21.7. The Morgan fingerprint density at radius 1 is 1.03 bits per heavy atom. The second-order valence-corrected chi connectivity index (χ2v) is 10.0. The fourth-order valence-corrected chi connectivity index (χ4v) is 4.99. The average Bonchev–Trinajstić information content (AvgIpc) is 2.89. The molecule has 7 nitrogen and oxygen atoms in total. The number of hydrogen-bond donors (Lipinski definition) is 0. The van der Waals surface area contributed by atoms with E-state index in [-0.39, 0.29) is 29.9 Å². The first-order valence-electron chi connectivity index (χ1n) is 11.3. The summed E-state index contributed by atoms with van der Waals surface area (Å²) in [5.74, 6) is 0.315. The van der Waals surface area contributed by atoms with Gasteiger partial charge in [-0.2, -0.15) is 0 Å². The van der Waals surface area contributed by atoms with E-state index in [0.29, 0.717) is 39.0 Å². The van der Waals surface area contributed by atoms with Gasteiger partial charge in [0, 0.05) is 38.6 Å². The van der Waals surface area contributed by atoms with Crippen molar-refractivity contribution in [1.82, 2.24) is 14.7 Å². The van der Waals surface area contributed by atoms with E-state index in [4.69, 9.17) is 4.74 Å². The molecule has 0 saturated carbocycles. The largest absolute Gasteiger partial charge is 0.444 e. The van der Waals surface area contributed by atoms with Gasteiger partial charge in [0.15, 0.2) is 0 Å². The molecule has 1 unspecified atom stereocenters. The van der Waals surface area contributed by atoms with Crippen LogP contribution in [-0.4, -0.2) is 69.9 Å². The number of hydrogen-bond acceptors (Lipinski definition) is 4. The fraction of sp³-hybridized carbons (Fsp3) is 0.625. The Labute approximate surface area is 184 Å². The van der Waals surface area contributed by atoms with Crippen LogP contribution in [0.1, 0.15) is 52.0 Å². The van der Waals surface area contributed by atoms with Crippen LogP contribution >= 0.6 is 0 Å². The first-order valence-corrected chi connectivity index (χ1v) is 11.3. The Morgan fingerprint density at radius 2 is 1.77 bits per heavy atom. The summed E-state index contributed by atoms with van der Waals surface area (Å²) in [5.41, 5.74) is 0.490. The highest BCUT2D eigenvalue weighted by molar-refractivity contribution is 5.91. The highest BCUT2D eigenvalue weighted by Gasteiger charge is 2.44. The maximum Gasteiger partial charge on any atom is 0.410 e. The molecule has 0 radical (unpaired) electrons. The normalized spacial score (nSPS) is 26.2. The van der Waals surface area contributed by atoms with Gasteiger partial charge in [-0.25, -0.2) is 4.79 Å². The summed E-state index contributed by atoms with van der Waals surface area (Å²) in [6.45, 7) is 7.82. The summed E-state index contributed by atoms with van der Waals surface area (Å²) < 4.78 is 5.58. The van der Waals surface area contributed by atoms with Gasteiger partial charge in [0.2, 0.25) is 11.8 Å². The Hall–Kier alpha value is -2.57. The van der Waals surface area contributed by atoms with Crippen molar-refractivity contribution < 1.29 is 19.1 Å². The van der Waals surface area contributed by atoms with Crippen LogP contribution in [-0.2, 0) is 20.9 Å². The van der Waals surface area contributed by atoms with Crippen LogP contribution in [0.5, 0.6) is 0 Å². The molecule has 1 aromatic rings. The number of piperidine rings is 1. The summed E-state index contributed by atoms with van der Waals surface area (Å²) in [4.78, 5) is 44.3. The van der Waals surface area contributed by atoms with E-state index in [0.717, 1.165) is 18.4 Å². The maximum absolute atomic E-state index is 13.6. The summed E-state index contributed by atoms with van der Waals surface area (Å²) in [6.07, 6.45) is 2.56. The summed E-state index contributed by atoms with van der Waals surface area (Å²) in [5, 5.41) is 0. The molecular weight excluding hydrogens is 394 g/mol.